The van der Waals surface area contributed by atoms with Crippen molar-refractivity contribution in [3.8, 4) is 0 Å². The zero-order chi connectivity index (χ0) is 12.3. The summed E-state index contributed by atoms with van der Waals surface area (Å²) in [5.41, 5.74) is 3.93. The summed E-state index contributed by atoms with van der Waals surface area (Å²) in [6.07, 6.45) is 2.69. The maximum atomic E-state index is 4.64. The normalized spacial score (nSPS) is 15.5. The van der Waals surface area contributed by atoms with Gasteiger partial charge >= 0.3 is 0 Å². The monoisotopic (exact) mass is 253 g/mol. The summed E-state index contributed by atoms with van der Waals surface area (Å²) in [5, 5.41) is 8.22. The van der Waals surface area contributed by atoms with Crippen molar-refractivity contribution in [2.24, 2.45) is 0 Å². The Bertz CT molecular complexity index is 369. The van der Waals surface area contributed by atoms with Crippen molar-refractivity contribution in [1.29, 1.82) is 0 Å². The summed E-state index contributed by atoms with van der Waals surface area (Å²) in [7, 11) is 0. The standard InChI is InChI=1S/C13H23N3S/c1-4-17-8-7-16-11(3)13(10(2)15-16)9-14-12-5-6-12/h12,14H,4-9H2,1-3H3. The number of thioether (sulfide) groups is 1. The van der Waals surface area contributed by atoms with Gasteiger partial charge in [0.05, 0.1) is 12.2 Å². The fourth-order valence-electron chi connectivity index (χ4n) is 2.04. The predicted molar refractivity (Wildman–Crippen MR) is 74.6 cm³/mol. The van der Waals surface area contributed by atoms with E-state index < -0.39 is 0 Å². The van der Waals surface area contributed by atoms with Crippen LogP contribution in [-0.2, 0) is 13.1 Å². The topological polar surface area (TPSA) is 29.9 Å². The van der Waals surface area contributed by atoms with Gasteiger partial charge in [0.1, 0.15) is 0 Å². The van der Waals surface area contributed by atoms with Gasteiger partial charge in [-0.1, -0.05) is 6.92 Å². The van der Waals surface area contributed by atoms with Gasteiger partial charge in [-0.2, -0.15) is 16.9 Å². The van der Waals surface area contributed by atoms with E-state index in [-0.39, 0.29) is 0 Å². The molecule has 0 bridgehead atoms. The van der Waals surface area contributed by atoms with Crippen LogP contribution in [0, 0.1) is 13.8 Å². The molecule has 0 unspecified atom stereocenters. The fraction of sp³-hybridized carbons (Fsp3) is 0.769. The summed E-state index contributed by atoms with van der Waals surface area (Å²) in [6, 6.07) is 0.771. The van der Waals surface area contributed by atoms with E-state index in [1.807, 2.05) is 11.8 Å². The largest absolute Gasteiger partial charge is 0.310 e. The van der Waals surface area contributed by atoms with Crippen LogP contribution >= 0.6 is 11.8 Å². The van der Waals surface area contributed by atoms with E-state index in [0.29, 0.717) is 0 Å². The number of nitrogens with one attached hydrogen (secondary N) is 1. The van der Waals surface area contributed by atoms with Crippen LogP contribution < -0.4 is 5.32 Å². The van der Waals surface area contributed by atoms with E-state index in [9.17, 15) is 0 Å². The van der Waals surface area contributed by atoms with Crippen LogP contribution in [0.3, 0.4) is 0 Å². The molecule has 1 aromatic rings. The molecule has 1 aliphatic carbocycles. The Morgan fingerprint density at radius 3 is 2.82 bits per heavy atom. The fourth-order valence-corrected chi connectivity index (χ4v) is 2.63. The van der Waals surface area contributed by atoms with Crippen molar-refractivity contribution in [1.82, 2.24) is 15.1 Å². The number of nitrogens with zero attached hydrogens (tertiary/aromatic N) is 2. The van der Waals surface area contributed by atoms with Gasteiger partial charge in [-0.25, -0.2) is 0 Å². The summed E-state index contributed by atoms with van der Waals surface area (Å²) in [5.74, 6) is 2.35. The molecule has 2 rings (SSSR count). The first-order valence-electron chi connectivity index (χ1n) is 6.56. The van der Waals surface area contributed by atoms with Crippen molar-refractivity contribution in [3.63, 3.8) is 0 Å². The summed E-state index contributed by atoms with van der Waals surface area (Å²) < 4.78 is 2.17. The number of rotatable bonds is 7. The van der Waals surface area contributed by atoms with Gasteiger partial charge < -0.3 is 5.32 Å². The van der Waals surface area contributed by atoms with E-state index in [0.717, 1.165) is 24.9 Å². The molecule has 1 aromatic heterocycles. The van der Waals surface area contributed by atoms with Crippen LogP contribution in [-0.4, -0.2) is 27.3 Å². The Morgan fingerprint density at radius 2 is 2.18 bits per heavy atom. The van der Waals surface area contributed by atoms with E-state index in [2.05, 4.69) is 35.9 Å². The minimum atomic E-state index is 0.771. The Labute approximate surface area is 108 Å². The van der Waals surface area contributed by atoms with Crippen LogP contribution in [0.4, 0.5) is 0 Å². The molecule has 1 aliphatic rings. The van der Waals surface area contributed by atoms with Gasteiger partial charge in [0.15, 0.2) is 0 Å². The lowest BCUT2D eigenvalue weighted by molar-refractivity contribution is 0.636. The average Bonchev–Trinajstić information content (AvgIpc) is 3.08. The molecule has 1 fully saturated rings. The predicted octanol–water partition coefficient (Wildman–Crippen LogP) is 2.51. The molecule has 1 heterocycles. The molecular weight excluding hydrogens is 230 g/mol. The van der Waals surface area contributed by atoms with Gasteiger partial charge in [0.25, 0.3) is 0 Å². The van der Waals surface area contributed by atoms with Gasteiger partial charge in [-0.05, 0) is 32.4 Å². The molecule has 3 nitrogen and oxygen atoms in total. The van der Waals surface area contributed by atoms with Crippen molar-refractivity contribution in [2.45, 2.75) is 52.7 Å². The highest BCUT2D eigenvalue weighted by molar-refractivity contribution is 7.99. The zero-order valence-corrected chi connectivity index (χ0v) is 11.9. The maximum Gasteiger partial charge on any atom is 0.0641 e. The second kappa shape index (κ2) is 5.91. The first-order valence-corrected chi connectivity index (χ1v) is 7.71. The number of hydrogen-bond donors (Lipinski definition) is 1. The smallest absolute Gasteiger partial charge is 0.0641 e. The molecule has 96 valence electrons. The van der Waals surface area contributed by atoms with E-state index >= 15 is 0 Å². The maximum absolute atomic E-state index is 4.64. The Kier molecular flexibility index (Phi) is 4.51. The highest BCUT2D eigenvalue weighted by Crippen LogP contribution is 2.21. The lowest BCUT2D eigenvalue weighted by Crippen LogP contribution is -2.16. The molecule has 1 saturated carbocycles. The summed E-state index contributed by atoms with van der Waals surface area (Å²) in [6.45, 7) is 8.55. The summed E-state index contributed by atoms with van der Waals surface area (Å²) in [4.78, 5) is 0. The third-order valence-electron chi connectivity index (χ3n) is 3.33. The lowest BCUT2D eigenvalue weighted by Gasteiger charge is -2.05. The molecule has 0 aromatic carbocycles. The Balaban J connectivity index is 1.94. The number of hydrogen-bond acceptors (Lipinski definition) is 3. The third-order valence-corrected chi connectivity index (χ3v) is 4.21. The summed E-state index contributed by atoms with van der Waals surface area (Å²) >= 11 is 1.98. The highest BCUT2D eigenvalue weighted by Gasteiger charge is 2.21. The first kappa shape index (κ1) is 13.0. The molecule has 4 heteroatoms. The molecular formula is C13H23N3S. The third kappa shape index (κ3) is 3.49. The SMILES string of the molecule is CCSCCn1nc(C)c(CNC2CC2)c1C. The second-order valence-electron chi connectivity index (χ2n) is 4.72. The molecule has 0 spiro atoms. The molecule has 0 saturated heterocycles. The highest BCUT2D eigenvalue weighted by atomic mass is 32.2. The minimum absolute atomic E-state index is 0.771. The zero-order valence-electron chi connectivity index (χ0n) is 11.1. The molecule has 0 atom stereocenters. The minimum Gasteiger partial charge on any atom is -0.310 e. The molecule has 0 radical (unpaired) electrons. The number of aryl methyl sites for hydroxylation is 2. The van der Waals surface area contributed by atoms with Gasteiger partial charge in [-0.3, -0.25) is 4.68 Å². The average molecular weight is 253 g/mol. The molecule has 1 N–H and O–H groups in total. The number of aromatic nitrogens is 2. The van der Waals surface area contributed by atoms with Crippen LogP contribution in [0.25, 0.3) is 0 Å². The second-order valence-corrected chi connectivity index (χ2v) is 6.12. The van der Waals surface area contributed by atoms with E-state index in [1.54, 1.807) is 0 Å². The van der Waals surface area contributed by atoms with Gasteiger partial charge in [0, 0.05) is 29.6 Å². The molecule has 0 amide bonds. The molecule has 0 aliphatic heterocycles. The van der Waals surface area contributed by atoms with Crippen LogP contribution in [0.5, 0.6) is 0 Å². The van der Waals surface area contributed by atoms with E-state index in [1.165, 1.54) is 35.5 Å². The van der Waals surface area contributed by atoms with Gasteiger partial charge in [-0.15, -0.1) is 0 Å². The van der Waals surface area contributed by atoms with Gasteiger partial charge in [0.2, 0.25) is 0 Å². The van der Waals surface area contributed by atoms with E-state index in [4.69, 9.17) is 0 Å². The van der Waals surface area contributed by atoms with Crippen molar-refractivity contribution in [2.75, 3.05) is 11.5 Å². The quantitative estimate of drug-likeness (QED) is 0.757. The lowest BCUT2D eigenvalue weighted by atomic mass is 10.2. The Morgan fingerprint density at radius 1 is 1.41 bits per heavy atom. The van der Waals surface area contributed by atoms with Crippen LogP contribution in [0.1, 0.15) is 36.7 Å². The van der Waals surface area contributed by atoms with Crippen molar-refractivity contribution in [3.05, 3.63) is 17.0 Å². The van der Waals surface area contributed by atoms with Crippen LogP contribution in [0.2, 0.25) is 0 Å². The van der Waals surface area contributed by atoms with Crippen LogP contribution in [0.15, 0.2) is 0 Å². The molecule has 17 heavy (non-hydrogen) atoms. The Hall–Kier alpha value is -0.480. The van der Waals surface area contributed by atoms with Crippen molar-refractivity contribution >= 4 is 11.8 Å². The van der Waals surface area contributed by atoms with Crippen molar-refractivity contribution < 1.29 is 0 Å². The first-order chi connectivity index (χ1) is 8.22.